The molecule has 0 spiro atoms. The van der Waals surface area contributed by atoms with Gasteiger partial charge < -0.3 is 11.1 Å². The minimum absolute atomic E-state index is 0.603. The molecule has 0 unspecified atom stereocenters. The van der Waals surface area contributed by atoms with E-state index in [2.05, 4.69) is 17.2 Å². The van der Waals surface area contributed by atoms with Crippen LogP contribution in [-0.2, 0) is 0 Å². The number of nitrogens with one attached hydrogen (secondary N) is 1. The van der Waals surface area contributed by atoms with Crippen molar-refractivity contribution in [3.05, 3.63) is 18.5 Å². The largest absolute Gasteiger partial charge is 0.397 e. The molecule has 88 valence electrons. The molecule has 16 heavy (non-hydrogen) atoms. The SMILES string of the molecule is CCC1CCC(Nc2cncc(N)c2)CC1. The summed E-state index contributed by atoms with van der Waals surface area (Å²) in [6.07, 6.45) is 10.1. The van der Waals surface area contributed by atoms with Crippen LogP contribution in [0, 0.1) is 5.92 Å². The Morgan fingerprint density at radius 1 is 1.31 bits per heavy atom. The zero-order valence-corrected chi connectivity index (χ0v) is 9.95. The summed E-state index contributed by atoms with van der Waals surface area (Å²) < 4.78 is 0. The number of nitrogens with two attached hydrogens (primary N) is 1. The molecular formula is C13H21N3. The van der Waals surface area contributed by atoms with Gasteiger partial charge in [0.1, 0.15) is 0 Å². The minimum atomic E-state index is 0.603. The van der Waals surface area contributed by atoms with Crippen LogP contribution in [0.5, 0.6) is 0 Å². The van der Waals surface area contributed by atoms with Gasteiger partial charge in [-0.1, -0.05) is 13.3 Å². The van der Waals surface area contributed by atoms with Gasteiger partial charge in [0, 0.05) is 12.2 Å². The van der Waals surface area contributed by atoms with Gasteiger partial charge in [0.2, 0.25) is 0 Å². The Kier molecular flexibility index (Phi) is 3.65. The fourth-order valence-electron chi connectivity index (χ4n) is 2.49. The van der Waals surface area contributed by atoms with Crippen LogP contribution in [0.1, 0.15) is 39.0 Å². The Morgan fingerprint density at radius 3 is 2.69 bits per heavy atom. The lowest BCUT2D eigenvalue weighted by molar-refractivity contribution is 0.330. The highest BCUT2D eigenvalue weighted by molar-refractivity contribution is 5.51. The molecule has 1 aliphatic carbocycles. The number of hydrogen-bond donors (Lipinski definition) is 2. The van der Waals surface area contributed by atoms with Crippen molar-refractivity contribution in [1.82, 2.24) is 4.98 Å². The first kappa shape index (κ1) is 11.2. The summed E-state index contributed by atoms with van der Waals surface area (Å²) >= 11 is 0. The molecule has 0 radical (unpaired) electrons. The molecule has 0 saturated heterocycles. The Morgan fingerprint density at radius 2 is 2.06 bits per heavy atom. The molecular weight excluding hydrogens is 198 g/mol. The number of nitrogens with zero attached hydrogens (tertiary/aromatic N) is 1. The maximum absolute atomic E-state index is 5.70. The Labute approximate surface area is 97.5 Å². The van der Waals surface area contributed by atoms with E-state index < -0.39 is 0 Å². The van der Waals surface area contributed by atoms with Gasteiger partial charge in [-0.15, -0.1) is 0 Å². The van der Waals surface area contributed by atoms with Crippen LogP contribution in [0.4, 0.5) is 11.4 Å². The predicted octanol–water partition coefficient (Wildman–Crippen LogP) is 3.04. The smallest absolute Gasteiger partial charge is 0.0549 e. The Balaban J connectivity index is 1.87. The van der Waals surface area contributed by atoms with Gasteiger partial charge in [-0.3, -0.25) is 4.98 Å². The molecule has 0 aromatic carbocycles. The number of hydrogen-bond acceptors (Lipinski definition) is 3. The second-order valence-electron chi connectivity index (χ2n) is 4.78. The molecule has 1 saturated carbocycles. The zero-order chi connectivity index (χ0) is 11.4. The third kappa shape index (κ3) is 2.87. The van der Waals surface area contributed by atoms with Crippen molar-refractivity contribution in [2.75, 3.05) is 11.1 Å². The van der Waals surface area contributed by atoms with E-state index in [1.165, 1.54) is 32.1 Å². The highest BCUT2D eigenvalue weighted by Crippen LogP contribution is 2.28. The number of rotatable bonds is 3. The van der Waals surface area contributed by atoms with Crippen molar-refractivity contribution in [3.63, 3.8) is 0 Å². The van der Waals surface area contributed by atoms with Crippen LogP contribution in [-0.4, -0.2) is 11.0 Å². The lowest BCUT2D eigenvalue weighted by Crippen LogP contribution is -2.25. The van der Waals surface area contributed by atoms with Crippen LogP contribution in [0.15, 0.2) is 18.5 Å². The summed E-state index contributed by atoms with van der Waals surface area (Å²) in [5.74, 6) is 0.942. The standard InChI is InChI=1S/C13H21N3/c1-2-10-3-5-12(6-4-10)16-13-7-11(14)8-15-9-13/h7-10,12,16H,2-6,14H2,1H3. The monoisotopic (exact) mass is 219 g/mol. The molecule has 0 atom stereocenters. The van der Waals surface area contributed by atoms with E-state index in [1.807, 2.05) is 12.3 Å². The van der Waals surface area contributed by atoms with E-state index in [0.29, 0.717) is 6.04 Å². The molecule has 0 bridgehead atoms. The summed E-state index contributed by atoms with van der Waals surface area (Å²) in [6, 6.07) is 2.56. The third-order valence-corrected chi connectivity index (χ3v) is 3.55. The van der Waals surface area contributed by atoms with Crippen molar-refractivity contribution in [3.8, 4) is 0 Å². The molecule has 2 rings (SSSR count). The van der Waals surface area contributed by atoms with Crippen LogP contribution in [0.2, 0.25) is 0 Å². The fraction of sp³-hybridized carbons (Fsp3) is 0.615. The van der Waals surface area contributed by atoms with Gasteiger partial charge in [0.15, 0.2) is 0 Å². The van der Waals surface area contributed by atoms with E-state index in [9.17, 15) is 0 Å². The fourth-order valence-corrected chi connectivity index (χ4v) is 2.49. The van der Waals surface area contributed by atoms with E-state index >= 15 is 0 Å². The Bertz CT molecular complexity index is 330. The summed E-state index contributed by atoms with van der Waals surface area (Å²) in [6.45, 7) is 2.29. The summed E-state index contributed by atoms with van der Waals surface area (Å²) in [5, 5.41) is 3.52. The van der Waals surface area contributed by atoms with Crippen molar-refractivity contribution in [1.29, 1.82) is 0 Å². The van der Waals surface area contributed by atoms with Crippen LogP contribution < -0.4 is 11.1 Å². The lowest BCUT2D eigenvalue weighted by atomic mass is 9.84. The number of anilines is 2. The summed E-state index contributed by atoms with van der Waals surface area (Å²) in [5.41, 5.74) is 7.49. The molecule has 3 nitrogen and oxygen atoms in total. The second-order valence-corrected chi connectivity index (χ2v) is 4.78. The molecule has 1 heterocycles. The zero-order valence-electron chi connectivity index (χ0n) is 9.95. The van der Waals surface area contributed by atoms with Crippen molar-refractivity contribution >= 4 is 11.4 Å². The first-order valence-corrected chi connectivity index (χ1v) is 6.25. The van der Waals surface area contributed by atoms with Gasteiger partial charge in [-0.2, -0.15) is 0 Å². The molecule has 1 aromatic heterocycles. The number of nitrogen functional groups attached to an aromatic ring is 1. The number of pyridine rings is 1. The topological polar surface area (TPSA) is 50.9 Å². The predicted molar refractivity (Wildman–Crippen MR) is 68.3 cm³/mol. The average molecular weight is 219 g/mol. The first-order valence-electron chi connectivity index (χ1n) is 6.25. The van der Waals surface area contributed by atoms with E-state index in [0.717, 1.165) is 17.3 Å². The molecule has 0 amide bonds. The van der Waals surface area contributed by atoms with Gasteiger partial charge in [-0.05, 0) is 37.7 Å². The maximum atomic E-state index is 5.70. The molecule has 3 heteroatoms. The van der Waals surface area contributed by atoms with Crippen molar-refractivity contribution in [2.24, 2.45) is 5.92 Å². The first-order chi connectivity index (χ1) is 7.78. The molecule has 1 aromatic rings. The summed E-state index contributed by atoms with van der Waals surface area (Å²) in [7, 11) is 0. The van der Waals surface area contributed by atoms with Crippen LogP contribution >= 0.6 is 0 Å². The normalized spacial score (nSPS) is 25.3. The maximum Gasteiger partial charge on any atom is 0.0549 e. The summed E-state index contributed by atoms with van der Waals surface area (Å²) in [4.78, 5) is 4.09. The van der Waals surface area contributed by atoms with Crippen molar-refractivity contribution < 1.29 is 0 Å². The van der Waals surface area contributed by atoms with E-state index in [-0.39, 0.29) is 0 Å². The van der Waals surface area contributed by atoms with Gasteiger partial charge in [0.05, 0.1) is 17.6 Å². The quantitative estimate of drug-likeness (QED) is 0.821. The molecule has 3 N–H and O–H groups in total. The van der Waals surface area contributed by atoms with Crippen LogP contribution in [0.25, 0.3) is 0 Å². The number of aromatic nitrogens is 1. The Hall–Kier alpha value is -1.25. The van der Waals surface area contributed by atoms with Gasteiger partial charge >= 0.3 is 0 Å². The van der Waals surface area contributed by atoms with E-state index in [4.69, 9.17) is 5.73 Å². The van der Waals surface area contributed by atoms with Crippen molar-refractivity contribution in [2.45, 2.75) is 45.1 Å². The molecule has 1 aliphatic rings. The van der Waals surface area contributed by atoms with Crippen LogP contribution in [0.3, 0.4) is 0 Å². The highest BCUT2D eigenvalue weighted by atomic mass is 14.9. The van der Waals surface area contributed by atoms with Gasteiger partial charge in [-0.25, -0.2) is 0 Å². The molecule has 0 aliphatic heterocycles. The average Bonchev–Trinajstić information content (AvgIpc) is 2.30. The minimum Gasteiger partial charge on any atom is -0.397 e. The second kappa shape index (κ2) is 5.19. The highest BCUT2D eigenvalue weighted by Gasteiger charge is 2.19. The van der Waals surface area contributed by atoms with E-state index in [1.54, 1.807) is 6.20 Å². The lowest BCUT2D eigenvalue weighted by Gasteiger charge is -2.29. The molecule has 1 fully saturated rings. The third-order valence-electron chi connectivity index (χ3n) is 3.55. The van der Waals surface area contributed by atoms with Gasteiger partial charge in [0.25, 0.3) is 0 Å².